The van der Waals surface area contributed by atoms with Crippen LogP contribution >= 0.6 is 0 Å². The molecular weight excluding hydrogens is 464 g/mol. The van der Waals surface area contributed by atoms with Gasteiger partial charge in [0.05, 0.1) is 29.9 Å². The molecule has 1 unspecified atom stereocenters. The van der Waals surface area contributed by atoms with Gasteiger partial charge in [-0.1, -0.05) is 13.0 Å². The number of aliphatic hydroxyl groups is 1. The van der Waals surface area contributed by atoms with Crippen molar-refractivity contribution in [1.82, 2.24) is 19.9 Å². The molecule has 0 spiro atoms. The third kappa shape index (κ3) is 4.87. The van der Waals surface area contributed by atoms with E-state index in [9.17, 15) is 13.9 Å². The Labute approximate surface area is 208 Å². The molecule has 36 heavy (non-hydrogen) atoms. The average Bonchev–Trinajstić information content (AvgIpc) is 2.90. The second-order valence-corrected chi connectivity index (χ2v) is 8.94. The molecule has 0 bridgehead atoms. The Balaban J connectivity index is 1.37. The van der Waals surface area contributed by atoms with Crippen molar-refractivity contribution in [2.75, 3.05) is 54.8 Å². The standard InChI is InChI=1S/C26H29F2N7O/c1-3-34-8-10-35(11-9-34)18-4-5-23(30-14-18)32-26-31-15-22(28)24(33-26)17-12-20-19(16(2)36)6-7-29-25(20)21(27)13-17/h4-6,12-16,29,36H,3,7-11H2,1-2H3,(H,30,31,32,33). The predicted molar refractivity (Wildman–Crippen MR) is 137 cm³/mol. The Hall–Kier alpha value is -3.63. The molecule has 0 aliphatic carbocycles. The molecule has 5 rings (SSSR count). The Morgan fingerprint density at radius 2 is 1.89 bits per heavy atom. The van der Waals surface area contributed by atoms with Crippen LogP contribution in [0.2, 0.25) is 0 Å². The first-order valence-corrected chi connectivity index (χ1v) is 12.1. The first-order chi connectivity index (χ1) is 17.4. The van der Waals surface area contributed by atoms with Gasteiger partial charge in [-0.15, -0.1) is 0 Å². The molecule has 8 nitrogen and oxygen atoms in total. The summed E-state index contributed by atoms with van der Waals surface area (Å²) in [6.07, 6.45) is 3.84. The lowest BCUT2D eigenvalue weighted by Crippen LogP contribution is -2.46. The van der Waals surface area contributed by atoms with Gasteiger partial charge in [0, 0.05) is 43.9 Å². The van der Waals surface area contributed by atoms with E-state index in [0.29, 0.717) is 23.5 Å². The summed E-state index contributed by atoms with van der Waals surface area (Å²) in [6, 6.07) is 6.68. The van der Waals surface area contributed by atoms with E-state index >= 15 is 0 Å². The molecule has 3 aromatic rings. The van der Waals surface area contributed by atoms with Crippen molar-refractivity contribution in [1.29, 1.82) is 0 Å². The zero-order chi connectivity index (χ0) is 25.2. The summed E-state index contributed by atoms with van der Waals surface area (Å²) < 4.78 is 29.6. The molecule has 4 heterocycles. The van der Waals surface area contributed by atoms with Crippen LogP contribution in [-0.4, -0.2) is 70.3 Å². The van der Waals surface area contributed by atoms with E-state index in [-0.39, 0.29) is 22.9 Å². The fourth-order valence-electron chi connectivity index (χ4n) is 4.63. The average molecular weight is 494 g/mol. The highest BCUT2D eigenvalue weighted by atomic mass is 19.1. The molecular formula is C26H29F2N7O. The van der Waals surface area contributed by atoms with Gasteiger partial charge in [0.2, 0.25) is 5.95 Å². The van der Waals surface area contributed by atoms with Crippen LogP contribution in [0, 0.1) is 11.6 Å². The summed E-state index contributed by atoms with van der Waals surface area (Å²) in [4.78, 5) is 17.5. The molecule has 1 aromatic carbocycles. The van der Waals surface area contributed by atoms with Crippen LogP contribution in [0.5, 0.6) is 0 Å². The second-order valence-electron chi connectivity index (χ2n) is 8.94. The molecule has 10 heteroatoms. The summed E-state index contributed by atoms with van der Waals surface area (Å²) in [7, 11) is 0. The van der Waals surface area contributed by atoms with Crippen molar-refractivity contribution in [2.24, 2.45) is 0 Å². The van der Waals surface area contributed by atoms with Gasteiger partial charge >= 0.3 is 0 Å². The Kier molecular flexibility index (Phi) is 6.80. The maximum Gasteiger partial charge on any atom is 0.229 e. The highest BCUT2D eigenvalue weighted by molar-refractivity contribution is 5.84. The van der Waals surface area contributed by atoms with Gasteiger partial charge in [-0.25, -0.2) is 23.7 Å². The maximum absolute atomic E-state index is 14.9. The summed E-state index contributed by atoms with van der Waals surface area (Å²) >= 11 is 0. The number of benzene rings is 1. The topological polar surface area (TPSA) is 89.4 Å². The van der Waals surface area contributed by atoms with Gasteiger partial charge in [-0.05, 0) is 43.3 Å². The number of rotatable bonds is 6. The minimum Gasteiger partial charge on any atom is -0.389 e. The van der Waals surface area contributed by atoms with Crippen LogP contribution in [0.3, 0.4) is 0 Å². The fraction of sp³-hybridized carbons (Fsp3) is 0.346. The Bertz CT molecular complexity index is 1270. The van der Waals surface area contributed by atoms with Gasteiger partial charge < -0.3 is 25.5 Å². The predicted octanol–water partition coefficient (Wildman–Crippen LogP) is 3.89. The highest BCUT2D eigenvalue weighted by Gasteiger charge is 2.22. The van der Waals surface area contributed by atoms with Crippen molar-refractivity contribution < 1.29 is 13.9 Å². The highest BCUT2D eigenvalue weighted by Crippen LogP contribution is 2.36. The van der Waals surface area contributed by atoms with E-state index < -0.39 is 17.7 Å². The van der Waals surface area contributed by atoms with E-state index in [4.69, 9.17) is 0 Å². The van der Waals surface area contributed by atoms with E-state index in [1.54, 1.807) is 25.3 Å². The van der Waals surface area contributed by atoms with E-state index in [0.717, 1.165) is 44.6 Å². The summed E-state index contributed by atoms with van der Waals surface area (Å²) in [5, 5.41) is 16.1. The molecule has 188 valence electrons. The largest absolute Gasteiger partial charge is 0.389 e. The molecule has 1 saturated heterocycles. The first-order valence-electron chi connectivity index (χ1n) is 12.1. The number of likely N-dealkylation sites (N-methyl/N-ethyl adjacent to an activating group) is 1. The van der Waals surface area contributed by atoms with Crippen molar-refractivity contribution in [3.8, 4) is 11.3 Å². The minimum atomic E-state index is -0.794. The maximum atomic E-state index is 14.9. The van der Waals surface area contributed by atoms with Gasteiger partial charge in [0.25, 0.3) is 0 Å². The smallest absolute Gasteiger partial charge is 0.229 e. The zero-order valence-corrected chi connectivity index (χ0v) is 20.3. The molecule has 0 radical (unpaired) electrons. The molecule has 0 amide bonds. The van der Waals surface area contributed by atoms with Crippen molar-refractivity contribution in [2.45, 2.75) is 20.0 Å². The zero-order valence-electron chi connectivity index (χ0n) is 20.3. The minimum absolute atomic E-state index is 0.0462. The van der Waals surface area contributed by atoms with Crippen molar-refractivity contribution in [3.63, 3.8) is 0 Å². The molecule has 1 atom stereocenters. The lowest BCUT2D eigenvalue weighted by Gasteiger charge is -2.35. The summed E-state index contributed by atoms with van der Waals surface area (Å²) in [5.41, 5.74) is 2.59. The van der Waals surface area contributed by atoms with Crippen LogP contribution in [0.1, 0.15) is 19.4 Å². The second kappa shape index (κ2) is 10.2. The number of nitrogens with one attached hydrogen (secondary N) is 2. The number of hydrogen-bond acceptors (Lipinski definition) is 8. The number of pyridine rings is 1. The first kappa shape index (κ1) is 24.1. The summed E-state index contributed by atoms with van der Waals surface area (Å²) in [6.45, 7) is 9.19. The van der Waals surface area contributed by atoms with Crippen molar-refractivity contribution in [3.05, 3.63) is 59.9 Å². The number of nitrogens with zero attached hydrogens (tertiary/aromatic N) is 5. The van der Waals surface area contributed by atoms with E-state index in [2.05, 4.69) is 42.3 Å². The molecule has 2 aliphatic heterocycles. The third-order valence-electron chi connectivity index (χ3n) is 6.64. The Morgan fingerprint density at radius 3 is 2.58 bits per heavy atom. The summed E-state index contributed by atoms with van der Waals surface area (Å²) in [5.74, 6) is -0.562. The molecule has 2 aromatic heterocycles. The van der Waals surface area contributed by atoms with E-state index in [1.807, 2.05) is 12.1 Å². The van der Waals surface area contributed by atoms with Gasteiger partial charge in [0.15, 0.2) is 5.82 Å². The molecule has 2 aliphatic rings. The van der Waals surface area contributed by atoms with Crippen LogP contribution in [0.4, 0.5) is 31.9 Å². The monoisotopic (exact) mass is 493 g/mol. The van der Waals surface area contributed by atoms with Crippen LogP contribution in [-0.2, 0) is 0 Å². The quantitative estimate of drug-likeness (QED) is 0.477. The number of aromatic nitrogens is 3. The fourth-order valence-corrected chi connectivity index (χ4v) is 4.63. The number of hydrogen-bond donors (Lipinski definition) is 3. The van der Waals surface area contributed by atoms with Gasteiger partial charge in [-0.3, -0.25) is 0 Å². The van der Waals surface area contributed by atoms with E-state index in [1.165, 1.54) is 6.07 Å². The third-order valence-corrected chi connectivity index (χ3v) is 6.64. The van der Waals surface area contributed by atoms with Crippen LogP contribution < -0.4 is 15.5 Å². The van der Waals surface area contributed by atoms with Crippen LogP contribution in [0.25, 0.3) is 16.8 Å². The SMILES string of the molecule is CCN1CCN(c2ccc(Nc3ncc(F)c(-c4cc(F)c5c(c4)C(C(C)O)=CCN5)n3)nc2)CC1. The molecule has 3 N–H and O–H groups in total. The lowest BCUT2D eigenvalue weighted by molar-refractivity contribution is 0.253. The van der Waals surface area contributed by atoms with Crippen molar-refractivity contribution >= 4 is 28.7 Å². The number of fused-ring (bicyclic) bond motifs is 1. The number of piperazine rings is 1. The number of anilines is 4. The normalized spacial score (nSPS) is 16.7. The Morgan fingerprint density at radius 1 is 1.08 bits per heavy atom. The number of aliphatic hydroxyl groups excluding tert-OH is 1. The lowest BCUT2D eigenvalue weighted by atomic mass is 9.93. The van der Waals surface area contributed by atoms with Crippen LogP contribution in [0.15, 0.2) is 42.7 Å². The van der Waals surface area contributed by atoms with Gasteiger partial charge in [0.1, 0.15) is 17.3 Å². The molecule has 1 fully saturated rings. The number of halogens is 2. The van der Waals surface area contributed by atoms with Gasteiger partial charge in [-0.2, -0.15) is 0 Å². The molecule has 0 saturated carbocycles.